The summed E-state index contributed by atoms with van der Waals surface area (Å²) in [5.41, 5.74) is 8.25. The third-order valence-corrected chi connectivity index (χ3v) is 1.27. The van der Waals surface area contributed by atoms with Crippen LogP contribution in [-0.2, 0) is 0 Å². The van der Waals surface area contributed by atoms with Gasteiger partial charge >= 0.3 is 0 Å². The lowest BCUT2D eigenvalue weighted by Crippen LogP contribution is -2.12. The predicted molar refractivity (Wildman–Crippen MR) is 45.4 cm³/mol. The molecule has 0 bridgehead atoms. The summed E-state index contributed by atoms with van der Waals surface area (Å²) in [6, 6.07) is 0. The van der Waals surface area contributed by atoms with Crippen molar-refractivity contribution < 1.29 is 4.74 Å². The topological polar surface area (TPSA) is 99.1 Å². The average Bonchev–Trinajstić information content (AvgIpc) is 2.09. The van der Waals surface area contributed by atoms with Crippen molar-refractivity contribution in [3.8, 4) is 5.88 Å². The zero-order valence-electron chi connectivity index (χ0n) is 6.74. The molecule has 0 spiro atoms. The number of rotatable bonds is 3. The summed E-state index contributed by atoms with van der Waals surface area (Å²) in [5, 5.41) is 0. The largest absolute Gasteiger partial charge is 0.476 e. The van der Waals surface area contributed by atoms with Gasteiger partial charge in [0.1, 0.15) is 12.0 Å². The van der Waals surface area contributed by atoms with Crippen LogP contribution >= 0.6 is 0 Å². The first kappa shape index (κ1) is 8.54. The number of hydrazine groups is 1. The number of nitrogens with one attached hydrogen (secondary N) is 1. The molecule has 1 aromatic heterocycles. The molecule has 5 N–H and O–H groups in total. The number of anilines is 2. The van der Waals surface area contributed by atoms with Crippen molar-refractivity contribution in [2.75, 3.05) is 17.8 Å². The maximum atomic E-state index is 5.59. The number of hydrogen-bond acceptors (Lipinski definition) is 6. The molecule has 0 saturated carbocycles. The fourth-order valence-electron chi connectivity index (χ4n) is 0.746. The van der Waals surface area contributed by atoms with Crippen molar-refractivity contribution in [3.63, 3.8) is 0 Å². The van der Waals surface area contributed by atoms with Crippen LogP contribution in [0.2, 0.25) is 0 Å². The van der Waals surface area contributed by atoms with Crippen molar-refractivity contribution >= 4 is 11.5 Å². The highest BCUT2D eigenvalue weighted by Crippen LogP contribution is 2.23. The summed E-state index contributed by atoms with van der Waals surface area (Å²) in [6.07, 6.45) is 1.33. The third kappa shape index (κ3) is 1.54. The van der Waals surface area contributed by atoms with Crippen LogP contribution in [-0.4, -0.2) is 16.6 Å². The molecule has 0 aliphatic carbocycles. The Morgan fingerprint density at radius 3 is 2.92 bits per heavy atom. The summed E-state index contributed by atoms with van der Waals surface area (Å²) in [5.74, 6) is 5.86. The van der Waals surface area contributed by atoms with E-state index in [1.54, 1.807) is 0 Å². The Morgan fingerprint density at radius 1 is 1.58 bits per heavy atom. The van der Waals surface area contributed by atoms with E-state index in [4.69, 9.17) is 16.3 Å². The van der Waals surface area contributed by atoms with Gasteiger partial charge in [0.05, 0.1) is 6.61 Å². The van der Waals surface area contributed by atoms with Gasteiger partial charge in [-0.1, -0.05) is 0 Å². The fraction of sp³-hybridized carbons (Fsp3) is 0.333. The zero-order chi connectivity index (χ0) is 8.97. The minimum atomic E-state index is 0.321. The molecule has 1 heterocycles. The second-order valence-electron chi connectivity index (χ2n) is 2.02. The molecule has 66 valence electrons. The molecule has 6 nitrogen and oxygen atoms in total. The van der Waals surface area contributed by atoms with E-state index in [0.717, 1.165) is 0 Å². The molecule has 0 aliphatic heterocycles. The first-order valence-corrected chi connectivity index (χ1v) is 3.49. The summed E-state index contributed by atoms with van der Waals surface area (Å²) < 4.78 is 5.11. The van der Waals surface area contributed by atoms with Crippen molar-refractivity contribution in [1.29, 1.82) is 0 Å². The Labute approximate surface area is 69.9 Å². The highest BCUT2D eigenvalue weighted by Gasteiger charge is 2.06. The van der Waals surface area contributed by atoms with Crippen LogP contribution in [0.15, 0.2) is 6.33 Å². The number of nitrogen functional groups attached to an aromatic ring is 2. The molecule has 0 aliphatic rings. The maximum absolute atomic E-state index is 5.59. The standard InChI is InChI=1S/C6H11N5O/c1-2-12-6-4(7)5(11-8)9-3-10-6/h3H,2,7-8H2,1H3,(H,9,10,11). The quantitative estimate of drug-likeness (QED) is 0.426. The molecular weight excluding hydrogens is 158 g/mol. The van der Waals surface area contributed by atoms with Gasteiger partial charge in [-0.15, -0.1) is 0 Å². The maximum Gasteiger partial charge on any atom is 0.242 e. The molecule has 0 unspecified atom stereocenters. The summed E-state index contributed by atoms with van der Waals surface area (Å²) in [4.78, 5) is 7.61. The molecule has 0 atom stereocenters. The SMILES string of the molecule is CCOc1ncnc(NN)c1N. The van der Waals surface area contributed by atoms with Gasteiger partial charge in [0.25, 0.3) is 0 Å². The van der Waals surface area contributed by atoms with E-state index in [2.05, 4.69) is 15.4 Å². The number of ether oxygens (including phenoxy) is 1. The molecule has 1 aromatic rings. The predicted octanol–water partition coefficient (Wildman–Crippen LogP) is -0.257. The van der Waals surface area contributed by atoms with Crippen LogP contribution in [0.3, 0.4) is 0 Å². The first-order chi connectivity index (χ1) is 5.79. The molecule has 0 aromatic carbocycles. The first-order valence-electron chi connectivity index (χ1n) is 3.49. The second kappa shape index (κ2) is 3.72. The Morgan fingerprint density at radius 2 is 2.33 bits per heavy atom. The molecule has 1 rings (SSSR count). The van der Waals surface area contributed by atoms with Gasteiger partial charge in [0.2, 0.25) is 5.88 Å². The van der Waals surface area contributed by atoms with Gasteiger partial charge in [-0.25, -0.2) is 10.8 Å². The second-order valence-corrected chi connectivity index (χ2v) is 2.02. The zero-order valence-corrected chi connectivity index (χ0v) is 6.74. The number of aromatic nitrogens is 2. The van der Waals surface area contributed by atoms with Crippen molar-refractivity contribution in [2.24, 2.45) is 5.84 Å². The van der Waals surface area contributed by atoms with Gasteiger partial charge < -0.3 is 15.9 Å². The summed E-state index contributed by atoms with van der Waals surface area (Å²) in [7, 11) is 0. The Hall–Kier alpha value is -1.56. The van der Waals surface area contributed by atoms with Gasteiger partial charge in [-0.2, -0.15) is 4.98 Å². The number of nitrogens with two attached hydrogens (primary N) is 2. The normalized spacial score (nSPS) is 9.50. The van der Waals surface area contributed by atoms with Crippen molar-refractivity contribution in [3.05, 3.63) is 6.33 Å². The fourth-order valence-corrected chi connectivity index (χ4v) is 0.746. The van der Waals surface area contributed by atoms with Gasteiger partial charge in [0, 0.05) is 0 Å². The minimum Gasteiger partial charge on any atom is -0.476 e. The monoisotopic (exact) mass is 169 g/mol. The third-order valence-electron chi connectivity index (χ3n) is 1.27. The lowest BCUT2D eigenvalue weighted by Gasteiger charge is -2.07. The Balaban J connectivity index is 2.97. The van der Waals surface area contributed by atoms with E-state index >= 15 is 0 Å². The van der Waals surface area contributed by atoms with Crippen LogP contribution < -0.4 is 21.7 Å². The smallest absolute Gasteiger partial charge is 0.242 e. The van der Waals surface area contributed by atoms with E-state index in [-0.39, 0.29) is 0 Å². The van der Waals surface area contributed by atoms with Gasteiger partial charge in [-0.3, -0.25) is 0 Å². The van der Waals surface area contributed by atoms with Gasteiger partial charge in [-0.05, 0) is 6.92 Å². The van der Waals surface area contributed by atoms with Crippen LogP contribution in [0, 0.1) is 0 Å². The van der Waals surface area contributed by atoms with Crippen LogP contribution in [0.25, 0.3) is 0 Å². The average molecular weight is 169 g/mol. The van der Waals surface area contributed by atoms with Crippen LogP contribution in [0.5, 0.6) is 5.88 Å². The number of nitrogens with zero attached hydrogens (tertiary/aromatic N) is 2. The van der Waals surface area contributed by atoms with E-state index in [0.29, 0.717) is 24.0 Å². The van der Waals surface area contributed by atoms with Crippen LogP contribution in [0.1, 0.15) is 6.92 Å². The lowest BCUT2D eigenvalue weighted by molar-refractivity contribution is 0.328. The Kier molecular flexibility index (Phi) is 2.65. The minimum absolute atomic E-state index is 0.321. The van der Waals surface area contributed by atoms with Crippen molar-refractivity contribution in [2.45, 2.75) is 6.92 Å². The Bertz CT molecular complexity index is 264. The summed E-state index contributed by atoms with van der Waals surface area (Å²) >= 11 is 0. The van der Waals surface area contributed by atoms with E-state index in [9.17, 15) is 0 Å². The summed E-state index contributed by atoms with van der Waals surface area (Å²) in [6.45, 7) is 2.35. The molecule has 0 amide bonds. The van der Waals surface area contributed by atoms with Crippen molar-refractivity contribution in [1.82, 2.24) is 9.97 Å². The molecule has 0 radical (unpaired) electrons. The van der Waals surface area contributed by atoms with E-state index < -0.39 is 0 Å². The molecule has 0 fully saturated rings. The van der Waals surface area contributed by atoms with Crippen LogP contribution in [0.4, 0.5) is 11.5 Å². The molecule has 6 heteroatoms. The lowest BCUT2D eigenvalue weighted by atomic mass is 10.5. The molecule has 12 heavy (non-hydrogen) atoms. The highest BCUT2D eigenvalue weighted by atomic mass is 16.5. The van der Waals surface area contributed by atoms with E-state index in [1.807, 2.05) is 6.92 Å². The molecule has 0 saturated heterocycles. The number of hydrogen-bond donors (Lipinski definition) is 3. The molecular formula is C6H11N5O. The van der Waals surface area contributed by atoms with Gasteiger partial charge in [0.15, 0.2) is 5.82 Å². The van der Waals surface area contributed by atoms with E-state index in [1.165, 1.54) is 6.33 Å². The highest BCUT2D eigenvalue weighted by molar-refractivity contribution is 5.65.